The molecule has 0 aliphatic rings. The van der Waals surface area contributed by atoms with E-state index in [0.717, 1.165) is 0 Å². The molecule has 0 spiro atoms. The minimum Gasteiger partial charge on any atom is -0.508 e. The van der Waals surface area contributed by atoms with E-state index in [1.54, 1.807) is 30.3 Å². The van der Waals surface area contributed by atoms with Gasteiger partial charge in [-0.15, -0.1) is 0 Å². The molecular weight excluding hydrogens is 362 g/mol. The van der Waals surface area contributed by atoms with Crippen molar-refractivity contribution in [3.8, 4) is 23.0 Å². The maximum Gasteiger partial charge on any atom is 0.265 e. The van der Waals surface area contributed by atoms with E-state index in [1.807, 2.05) is 0 Å². The summed E-state index contributed by atoms with van der Waals surface area (Å²) in [4.78, 5) is 36.1. The zero-order valence-electron chi connectivity index (χ0n) is 15.4. The number of ketones is 2. The van der Waals surface area contributed by atoms with Gasteiger partial charge in [-0.3, -0.25) is 9.59 Å². The molecule has 0 radical (unpaired) electrons. The van der Waals surface area contributed by atoms with Crippen LogP contribution in [0.4, 0.5) is 0 Å². The van der Waals surface area contributed by atoms with Crippen molar-refractivity contribution >= 4 is 22.5 Å². The van der Waals surface area contributed by atoms with Gasteiger partial charge in [0, 0.05) is 37.4 Å². The number of nitrogens with zero attached hydrogens (tertiary/aromatic N) is 1. The van der Waals surface area contributed by atoms with Gasteiger partial charge < -0.3 is 24.3 Å². The lowest BCUT2D eigenvalue weighted by Gasteiger charge is -2.13. The molecule has 7 nitrogen and oxygen atoms in total. The molecule has 2 N–H and O–H groups in total. The third-order valence-electron chi connectivity index (χ3n) is 4.38. The van der Waals surface area contributed by atoms with Crippen LogP contribution in [-0.4, -0.2) is 26.3 Å². The highest BCUT2D eigenvalue weighted by molar-refractivity contribution is 6.04. The number of carbonyl (C=O) groups excluding carboxylic acids is 2. The topological polar surface area (TPSA) is 106 Å². The van der Waals surface area contributed by atoms with Crippen LogP contribution in [0.15, 0.2) is 47.3 Å². The maximum absolute atomic E-state index is 12.6. The van der Waals surface area contributed by atoms with Crippen molar-refractivity contribution in [2.75, 3.05) is 0 Å². The molecule has 0 bridgehead atoms. The first-order chi connectivity index (χ1) is 13.3. The number of phenols is 1. The Labute approximate surface area is 160 Å². The molecule has 0 aliphatic carbocycles. The molecule has 1 heterocycles. The quantitative estimate of drug-likeness (QED) is 0.635. The van der Waals surface area contributed by atoms with Crippen molar-refractivity contribution < 1.29 is 24.5 Å². The lowest BCUT2D eigenvalue weighted by molar-refractivity contribution is -0.116. The summed E-state index contributed by atoms with van der Waals surface area (Å²) in [6, 6.07) is 10.9. The minimum atomic E-state index is -0.645. The van der Waals surface area contributed by atoms with Gasteiger partial charge in [0.1, 0.15) is 34.3 Å². The predicted molar refractivity (Wildman–Crippen MR) is 103 cm³/mol. The number of ether oxygens (including phenoxy) is 1. The molecule has 0 atom stereocenters. The number of aromatic hydroxyl groups is 2. The van der Waals surface area contributed by atoms with Gasteiger partial charge in [0.2, 0.25) is 0 Å². The van der Waals surface area contributed by atoms with Crippen molar-refractivity contribution in [3.63, 3.8) is 0 Å². The van der Waals surface area contributed by atoms with E-state index in [2.05, 4.69) is 0 Å². The Hall–Kier alpha value is -3.61. The zero-order valence-corrected chi connectivity index (χ0v) is 15.4. The molecule has 1 aromatic heterocycles. The summed E-state index contributed by atoms with van der Waals surface area (Å²) in [5.41, 5.74) is -0.589. The van der Waals surface area contributed by atoms with Crippen LogP contribution in [-0.2, 0) is 11.8 Å². The second kappa shape index (κ2) is 7.56. The van der Waals surface area contributed by atoms with Crippen molar-refractivity contribution in [1.82, 2.24) is 4.57 Å². The Morgan fingerprint density at radius 3 is 2.43 bits per heavy atom. The molecule has 28 heavy (non-hydrogen) atoms. The second-order valence-electron chi connectivity index (χ2n) is 6.49. The number of carbonyl (C=O) groups is 2. The molecule has 0 aliphatic heterocycles. The first-order valence-corrected chi connectivity index (χ1v) is 8.63. The Balaban J connectivity index is 2.04. The smallest absolute Gasteiger partial charge is 0.265 e. The number of phenolic OH excluding ortho intramolecular Hbond substituents is 1. The lowest BCUT2D eigenvalue weighted by Crippen LogP contribution is -2.25. The van der Waals surface area contributed by atoms with Gasteiger partial charge in [0.25, 0.3) is 5.56 Å². The molecule has 0 fully saturated rings. The van der Waals surface area contributed by atoms with Crippen LogP contribution in [0, 0.1) is 0 Å². The third kappa shape index (κ3) is 3.73. The minimum absolute atomic E-state index is 0.0101. The largest absolute Gasteiger partial charge is 0.508 e. The number of aryl methyl sites for hydroxylation is 1. The van der Waals surface area contributed by atoms with E-state index >= 15 is 0 Å². The van der Waals surface area contributed by atoms with E-state index in [4.69, 9.17) is 4.74 Å². The highest BCUT2D eigenvalue weighted by Crippen LogP contribution is 2.32. The molecular formula is C21H19NO6. The average molecular weight is 381 g/mol. The zero-order chi connectivity index (χ0) is 20.4. The van der Waals surface area contributed by atoms with E-state index in [-0.39, 0.29) is 29.9 Å². The fraction of sp³-hybridized carbons (Fsp3) is 0.190. The standard InChI is InChI=1S/C21H19NO6/c1-12(23)6-9-18(25)19-20(26)16-8-7-15(11-17(16)22(2)21(19)27)28-14-5-3-4-13(24)10-14/h3-5,7-8,10-11,24,26H,6,9H2,1-2H3. The van der Waals surface area contributed by atoms with Crippen LogP contribution in [0.1, 0.15) is 30.1 Å². The summed E-state index contributed by atoms with van der Waals surface area (Å²) in [5, 5.41) is 20.4. The Kier molecular flexibility index (Phi) is 5.17. The van der Waals surface area contributed by atoms with Gasteiger partial charge in [0.15, 0.2) is 5.78 Å². The average Bonchev–Trinajstić information content (AvgIpc) is 2.64. The van der Waals surface area contributed by atoms with E-state index in [1.165, 1.54) is 30.7 Å². The van der Waals surface area contributed by atoms with Crippen LogP contribution in [0.5, 0.6) is 23.0 Å². The fourth-order valence-corrected chi connectivity index (χ4v) is 2.91. The molecule has 0 amide bonds. The highest BCUT2D eigenvalue weighted by atomic mass is 16.5. The number of rotatable bonds is 6. The fourth-order valence-electron chi connectivity index (χ4n) is 2.91. The predicted octanol–water partition coefficient (Wildman–Crippen LogP) is 3.29. The molecule has 7 heteroatoms. The van der Waals surface area contributed by atoms with Gasteiger partial charge in [0.05, 0.1) is 5.52 Å². The SMILES string of the molecule is CC(=O)CCC(=O)c1c(O)c2ccc(Oc3cccc(O)c3)cc2n(C)c1=O. The van der Waals surface area contributed by atoms with E-state index in [0.29, 0.717) is 22.4 Å². The first kappa shape index (κ1) is 19.2. The van der Waals surface area contributed by atoms with Gasteiger partial charge >= 0.3 is 0 Å². The summed E-state index contributed by atoms with van der Waals surface area (Å²) in [6.07, 6.45) is -0.126. The molecule has 0 unspecified atom stereocenters. The number of aromatic nitrogens is 1. The van der Waals surface area contributed by atoms with Gasteiger partial charge in [-0.25, -0.2) is 0 Å². The Morgan fingerprint density at radius 1 is 1.04 bits per heavy atom. The van der Waals surface area contributed by atoms with Crippen molar-refractivity contribution in [2.45, 2.75) is 19.8 Å². The van der Waals surface area contributed by atoms with Crippen molar-refractivity contribution in [2.24, 2.45) is 7.05 Å². The van der Waals surface area contributed by atoms with Crippen LogP contribution in [0.25, 0.3) is 10.9 Å². The van der Waals surface area contributed by atoms with Gasteiger partial charge in [-0.2, -0.15) is 0 Å². The van der Waals surface area contributed by atoms with Crippen LogP contribution in [0.2, 0.25) is 0 Å². The van der Waals surface area contributed by atoms with Gasteiger partial charge in [-0.05, 0) is 31.2 Å². The van der Waals surface area contributed by atoms with Crippen molar-refractivity contribution in [1.29, 1.82) is 0 Å². The number of Topliss-reactive ketones (excluding diaryl/α,β-unsaturated/α-hetero) is 2. The number of fused-ring (bicyclic) bond motifs is 1. The van der Waals surface area contributed by atoms with Crippen LogP contribution in [0.3, 0.4) is 0 Å². The second-order valence-corrected chi connectivity index (χ2v) is 6.49. The molecule has 2 aromatic carbocycles. The summed E-state index contributed by atoms with van der Waals surface area (Å²) < 4.78 is 6.94. The van der Waals surface area contributed by atoms with Crippen LogP contribution >= 0.6 is 0 Å². The van der Waals surface area contributed by atoms with Gasteiger partial charge in [-0.1, -0.05) is 6.07 Å². The number of hydrogen-bond donors (Lipinski definition) is 2. The molecule has 3 rings (SSSR count). The summed E-state index contributed by atoms with van der Waals surface area (Å²) in [5.74, 6) is -0.296. The number of hydrogen-bond acceptors (Lipinski definition) is 6. The highest BCUT2D eigenvalue weighted by Gasteiger charge is 2.21. The number of pyridine rings is 1. The monoisotopic (exact) mass is 381 g/mol. The summed E-state index contributed by atoms with van der Waals surface area (Å²) in [6.45, 7) is 1.36. The normalized spacial score (nSPS) is 10.8. The molecule has 0 saturated carbocycles. The molecule has 3 aromatic rings. The van der Waals surface area contributed by atoms with E-state index < -0.39 is 17.1 Å². The lowest BCUT2D eigenvalue weighted by atomic mass is 10.0. The number of benzene rings is 2. The Morgan fingerprint density at radius 2 is 1.75 bits per heavy atom. The third-order valence-corrected chi connectivity index (χ3v) is 4.38. The summed E-state index contributed by atoms with van der Waals surface area (Å²) in [7, 11) is 1.49. The first-order valence-electron chi connectivity index (χ1n) is 8.63. The van der Waals surface area contributed by atoms with Crippen molar-refractivity contribution in [3.05, 3.63) is 58.4 Å². The molecule has 0 saturated heterocycles. The molecule has 144 valence electrons. The maximum atomic E-state index is 12.6. The Bertz CT molecular complexity index is 1150. The van der Waals surface area contributed by atoms with Crippen LogP contribution < -0.4 is 10.3 Å². The summed E-state index contributed by atoms with van der Waals surface area (Å²) >= 11 is 0. The van der Waals surface area contributed by atoms with E-state index in [9.17, 15) is 24.6 Å².